The zero-order valence-electron chi connectivity index (χ0n) is 18.6. The highest BCUT2D eigenvalue weighted by Gasteiger charge is 2.46. The third-order valence-corrected chi connectivity index (χ3v) is 6.81. The summed E-state index contributed by atoms with van der Waals surface area (Å²) in [6, 6.07) is 0. The van der Waals surface area contributed by atoms with Crippen molar-refractivity contribution in [1.29, 1.82) is 0 Å². The molecule has 2 fully saturated rings. The molecule has 0 bridgehead atoms. The van der Waals surface area contributed by atoms with Crippen molar-refractivity contribution in [3.05, 3.63) is 0 Å². The van der Waals surface area contributed by atoms with E-state index < -0.39 is 0 Å². The maximum Gasteiger partial charge on any atom is 0.169 e. The molecule has 2 aliphatic rings. The van der Waals surface area contributed by atoms with Crippen molar-refractivity contribution in [3.63, 3.8) is 0 Å². The van der Waals surface area contributed by atoms with Gasteiger partial charge in [0.05, 0.1) is 12.7 Å². The van der Waals surface area contributed by atoms with E-state index in [4.69, 9.17) is 18.9 Å². The van der Waals surface area contributed by atoms with Gasteiger partial charge in [0.15, 0.2) is 12.1 Å². The molecule has 1 saturated carbocycles. The number of hydrogen-bond donors (Lipinski definition) is 0. The molecular weight excluding hydrogens is 342 g/mol. The fraction of sp³-hybridized carbons (Fsp3) is 1.00. The summed E-state index contributed by atoms with van der Waals surface area (Å²) in [5.74, 6) is 0.493. The first-order valence-corrected chi connectivity index (χ1v) is 11.0. The average molecular weight is 386 g/mol. The fourth-order valence-corrected chi connectivity index (χ4v) is 4.87. The maximum atomic E-state index is 6.45. The second-order valence-corrected chi connectivity index (χ2v) is 9.06. The van der Waals surface area contributed by atoms with E-state index in [0.29, 0.717) is 5.41 Å². The van der Waals surface area contributed by atoms with E-state index in [9.17, 15) is 0 Å². The van der Waals surface area contributed by atoms with Crippen LogP contribution in [0.4, 0.5) is 0 Å². The SMILES string of the molecule is CCCC(C)(C)C1CCC2(CC1)OCC(CCN(CC)CC(OC)OC)O2. The Kier molecular flexibility index (Phi) is 9.01. The van der Waals surface area contributed by atoms with E-state index in [-0.39, 0.29) is 18.2 Å². The van der Waals surface area contributed by atoms with Crippen LogP contribution < -0.4 is 0 Å². The van der Waals surface area contributed by atoms with Crippen LogP contribution in [-0.4, -0.2) is 63.5 Å². The summed E-state index contributed by atoms with van der Waals surface area (Å²) in [5.41, 5.74) is 0.440. The Morgan fingerprint density at radius 1 is 1.15 bits per heavy atom. The van der Waals surface area contributed by atoms with Crippen molar-refractivity contribution in [1.82, 2.24) is 4.90 Å². The van der Waals surface area contributed by atoms with Gasteiger partial charge in [-0.2, -0.15) is 0 Å². The molecule has 0 radical (unpaired) electrons. The molecule has 5 nitrogen and oxygen atoms in total. The van der Waals surface area contributed by atoms with Crippen molar-refractivity contribution in [2.75, 3.05) is 40.5 Å². The summed E-state index contributed by atoms with van der Waals surface area (Å²) in [6.07, 6.45) is 8.18. The lowest BCUT2D eigenvalue weighted by molar-refractivity contribution is -0.198. The van der Waals surface area contributed by atoms with Gasteiger partial charge >= 0.3 is 0 Å². The zero-order valence-corrected chi connectivity index (χ0v) is 18.6. The van der Waals surface area contributed by atoms with Crippen molar-refractivity contribution in [2.24, 2.45) is 11.3 Å². The van der Waals surface area contributed by atoms with Gasteiger partial charge in [-0.1, -0.05) is 34.1 Å². The molecule has 2 rings (SSSR count). The molecule has 160 valence electrons. The summed E-state index contributed by atoms with van der Waals surface area (Å²) in [6.45, 7) is 12.8. The smallest absolute Gasteiger partial charge is 0.169 e. The molecule has 27 heavy (non-hydrogen) atoms. The second-order valence-electron chi connectivity index (χ2n) is 9.06. The molecule has 1 unspecified atom stereocenters. The maximum absolute atomic E-state index is 6.45. The minimum atomic E-state index is -0.303. The van der Waals surface area contributed by atoms with E-state index in [1.54, 1.807) is 14.2 Å². The van der Waals surface area contributed by atoms with Crippen LogP contribution in [0.3, 0.4) is 0 Å². The Labute approximate surface area is 167 Å². The topological polar surface area (TPSA) is 40.2 Å². The second kappa shape index (κ2) is 10.5. The Hall–Kier alpha value is -0.200. The summed E-state index contributed by atoms with van der Waals surface area (Å²) in [5, 5.41) is 0. The average Bonchev–Trinajstić information content (AvgIpc) is 3.05. The lowest BCUT2D eigenvalue weighted by Gasteiger charge is -2.42. The quantitative estimate of drug-likeness (QED) is 0.492. The summed E-state index contributed by atoms with van der Waals surface area (Å²) < 4.78 is 23.3. The predicted octanol–water partition coefficient (Wildman–Crippen LogP) is 4.45. The molecule has 0 aromatic heterocycles. The lowest BCUT2D eigenvalue weighted by atomic mass is 9.68. The zero-order chi connectivity index (χ0) is 19.9. The van der Waals surface area contributed by atoms with Gasteiger partial charge in [-0.3, -0.25) is 4.90 Å². The van der Waals surface area contributed by atoms with Crippen molar-refractivity contribution in [3.8, 4) is 0 Å². The molecule has 1 atom stereocenters. The minimum absolute atomic E-state index is 0.168. The molecule has 1 heterocycles. The third kappa shape index (κ3) is 6.40. The molecule has 0 N–H and O–H groups in total. The number of rotatable bonds is 11. The van der Waals surface area contributed by atoms with Crippen LogP contribution in [0.15, 0.2) is 0 Å². The molecule has 0 aromatic carbocycles. The Morgan fingerprint density at radius 3 is 2.37 bits per heavy atom. The van der Waals surface area contributed by atoms with Crippen LogP contribution >= 0.6 is 0 Å². The van der Waals surface area contributed by atoms with E-state index >= 15 is 0 Å². The highest BCUT2D eigenvalue weighted by molar-refractivity contribution is 4.90. The van der Waals surface area contributed by atoms with Gasteiger partial charge in [-0.05, 0) is 43.6 Å². The molecule has 1 aliphatic heterocycles. The molecule has 1 saturated heterocycles. The first-order valence-electron chi connectivity index (χ1n) is 11.0. The van der Waals surface area contributed by atoms with Gasteiger partial charge < -0.3 is 18.9 Å². The van der Waals surface area contributed by atoms with Gasteiger partial charge in [0.25, 0.3) is 0 Å². The van der Waals surface area contributed by atoms with Gasteiger partial charge in [0.1, 0.15) is 0 Å². The summed E-state index contributed by atoms with van der Waals surface area (Å²) in [4.78, 5) is 2.36. The fourth-order valence-electron chi connectivity index (χ4n) is 4.87. The van der Waals surface area contributed by atoms with E-state index in [0.717, 1.165) is 51.4 Å². The van der Waals surface area contributed by atoms with Crippen LogP contribution in [0.5, 0.6) is 0 Å². The number of likely N-dealkylation sites (N-methyl/N-ethyl adjacent to an activating group) is 1. The van der Waals surface area contributed by atoms with Crippen molar-refractivity contribution < 1.29 is 18.9 Å². The van der Waals surface area contributed by atoms with Gasteiger partial charge in [0.2, 0.25) is 0 Å². The first kappa shape index (κ1) is 23.1. The third-order valence-electron chi connectivity index (χ3n) is 6.81. The molecule has 5 heteroatoms. The first-order chi connectivity index (χ1) is 12.9. The van der Waals surface area contributed by atoms with E-state index in [1.165, 1.54) is 25.7 Å². The summed E-state index contributed by atoms with van der Waals surface area (Å²) >= 11 is 0. The Balaban J connectivity index is 1.76. The number of methoxy groups -OCH3 is 2. The van der Waals surface area contributed by atoms with Gasteiger partial charge in [-0.25, -0.2) is 0 Å². The largest absolute Gasteiger partial charge is 0.355 e. The van der Waals surface area contributed by atoms with Crippen LogP contribution in [0.2, 0.25) is 0 Å². The number of hydrogen-bond acceptors (Lipinski definition) is 5. The standard InChI is InChI=1S/C22H43NO4/c1-7-12-21(3,4)18-9-13-22(14-10-18)26-17-19(27-22)11-15-23(8-2)16-20(24-5)25-6/h18-20H,7-17H2,1-6H3. The Morgan fingerprint density at radius 2 is 1.81 bits per heavy atom. The van der Waals surface area contributed by atoms with E-state index in [2.05, 4.69) is 32.6 Å². The van der Waals surface area contributed by atoms with Crippen molar-refractivity contribution in [2.45, 2.75) is 90.8 Å². The molecule has 1 aliphatic carbocycles. The lowest BCUT2D eigenvalue weighted by Crippen LogP contribution is -2.40. The number of ether oxygens (including phenoxy) is 4. The minimum Gasteiger partial charge on any atom is -0.355 e. The van der Waals surface area contributed by atoms with Crippen LogP contribution in [0, 0.1) is 11.3 Å². The Bertz CT molecular complexity index is 417. The van der Waals surface area contributed by atoms with Gasteiger partial charge in [-0.15, -0.1) is 0 Å². The highest BCUT2D eigenvalue weighted by Crippen LogP contribution is 2.47. The summed E-state index contributed by atoms with van der Waals surface area (Å²) in [7, 11) is 3.38. The molecule has 0 aromatic rings. The number of nitrogens with zero attached hydrogens (tertiary/aromatic N) is 1. The molecule has 1 spiro atoms. The van der Waals surface area contributed by atoms with E-state index in [1.807, 2.05) is 0 Å². The molecular formula is C22H43NO4. The van der Waals surface area contributed by atoms with Crippen LogP contribution in [0.25, 0.3) is 0 Å². The normalized spacial score (nSPS) is 29.3. The van der Waals surface area contributed by atoms with Crippen LogP contribution in [-0.2, 0) is 18.9 Å². The highest BCUT2D eigenvalue weighted by atomic mass is 16.7. The van der Waals surface area contributed by atoms with Crippen LogP contribution in [0.1, 0.15) is 72.6 Å². The van der Waals surface area contributed by atoms with Gasteiger partial charge in [0, 0.05) is 40.2 Å². The van der Waals surface area contributed by atoms with Crippen molar-refractivity contribution >= 4 is 0 Å². The predicted molar refractivity (Wildman–Crippen MR) is 109 cm³/mol. The monoisotopic (exact) mass is 385 g/mol. The molecule has 0 amide bonds.